The molecule has 0 spiro atoms. The van der Waals surface area contributed by atoms with Crippen LogP contribution in [0.15, 0.2) is 11.6 Å². The molecule has 0 amide bonds. The Bertz CT molecular complexity index is 728. The number of anilines is 1. The summed E-state index contributed by atoms with van der Waals surface area (Å²) in [7, 11) is 0. The monoisotopic (exact) mass is 273 g/mol. The number of thiophene rings is 1. The zero-order valence-corrected chi connectivity index (χ0v) is 11.9. The van der Waals surface area contributed by atoms with Gasteiger partial charge in [0.1, 0.15) is 16.5 Å². The molecular formula is C13H15N5S. The Morgan fingerprint density at radius 3 is 2.84 bits per heavy atom. The maximum Gasteiger partial charge on any atom is 0.139 e. The number of rotatable bonds is 3. The molecule has 19 heavy (non-hydrogen) atoms. The molecule has 0 fully saturated rings. The standard InChI is InChI=1S/C13H15N5S/c1-7-6-19-13-11(7)12(16-9(3)17-13)14-4-10-5-15-18-8(10)2/h5-6H,4H2,1-3H3,(H,15,18)(H,14,16,17). The van der Waals surface area contributed by atoms with Crippen molar-refractivity contribution >= 4 is 27.4 Å². The van der Waals surface area contributed by atoms with Crippen LogP contribution in [0.2, 0.25) is 0 Å². The maximum atomic E-state index is 4.52. The first-order valence-electron chi connectivity index (χ1n) is 6.10. The van der Waals surface area contributed by atoms with E-state index >= 15 is 0 Å². The van der Waals surface area contributed by atoms with Crippen molar-refractivity contribution in [3.63, 3.8) is 0 Å². The Hall–Kier alpha value is -1.95. The van der Waals surface area contributed by atoms with Gasteiger partial charge in [-0.1, -0.05) is 0 Å². The Labute approximate surface area is 115 Å². The first-order chi connectivity index (χ1) is 9.15. The van der Waals surface area contributed by atoms with Crippen molar-refractivity contribution < 1.29 is 0 Å². The van der Waals surface area contributed by atoms with Gasteiger partial charge in [0.15, 0.2) is 0 Å². The fourth-order valence-electron chi connectivity index (χ4n) is 2.05. The molecular weight excluding hydrogens is 258 g/mol. The van der Waals surface area contributed by atoms with Gasteiger partial charge in [0.2, 0.25) is 0 Å². The molecule has 0 saturated carbocycles. The van der Waals surface area contributed by atoms with Gasteiger partial charge in [0.25, 0.3) is 0 Å². The van der Waals surface area contributed by atoms with E-state index in [9.17, 15) is 0 Å². The van der Waals surface area contributed by atoms with Gasteiger partial charge in [-0.25, -0.2) is 9.97 Å². The predicted octanol–water partition coefficient (Wildman–Crippen LogP) is 2.95. The van der Waals surface area contributed by atoms with Gasteiger partial charge in [0, 0.05) is 17.8 Å². The van der Waals surface area contributed by atoms with E-state index in [0.29, 0.717) is 6.54 Å². The average Bonchev–Trinajstić information content (AvgIpc) is 2.93. The number of aromatic amines is 1. The van der Waals surface area contributed by atoms with E-state index in [1.54, 1.807) is 11.3 Å². The van der Waals surface area contributed by atoms with Crippen LogP contribution in [-0.2, 0) is 6.54 Å². The molecule has 0 aromatic carbocycles. The number of hydrogen-bond acceptors (Lipinski definition) is 5. The Kier molecular flexibility index (Phi) is 2.94. The van der Waals surface area contributed by atoms with E-state index in [-0.39, 0.29) is 0 Å². The summed E-state index contributed by atoms with van der Waals surface area (Å²) < 4.78 is 0. The second-order valence-electron chi connectivity index (χ2n) is 4.59. The van der Waals surface area contributed by atoms with E-state index in [1.165, 1.54) is 5.56 Å². The molecule has 0 bridgehead atoms. The Morgan fingerprint density at radius 2 is 2.11 bits per heavy atom. The van der Waals surface area contributed by atoms with Crippen LogP contribution in [0.5, 0.6) is 0 Å². The average molecular weight is 273 g/mol. The molecule has 98 valence electrons. The minimum absolute atomic E-state index is 0.711. The number of fused-ring (bicyclic) bond motifs is 1. The third-order valence-electron chi connectivity index (χ3n) is 3.11. The van der Waals surface area contributed by atoms with Crippen LogP contribution >= 0.6 is 11.3 Å². The molecule has 3 rings (SSSR count). The molecule has 3 aromatic heterocycles. The molecule has 0 aliphatic rings. The van der Waals surface area contributed by atoms with Crippen LogP contribution in [0.3, 0.4) is 0 Å². The van der Waals surface area contributed by atoms with E-state index in [2.05, 4.69) is 37.8 Å². The van der Waals surface area contributed by atoms with Crippen molar-refractivity contribution in [1.82, 2.24) is 20.2 Å². The Balaban J connectivity index is 1.96. The molecule has 5 nitrogen and oxygen atoms in total. The van der Waals surface area contributed by atoms with Crippen LogP contribution in [-0.4, -0.2) is 20.2 Å². The van der Waals surface area contributed by atoms with Crippen LogP contribution in [0.25, 0.3) is 10.2 Å². The van der Waals surface area contributed by atoms with Gasteiger partial charge in [-0.3, -0.25) is 5.10 Å². The van der Waals surface area contributed by atoms with Crippen molar-refractivity contribution in [3.05, 3.63) is 34.2 Å². The topological polar surface area (TPSA) is 66.5 Å². The summed E-state index contributed by atoms with van der Waals surface area (Å²) in [5.41, 5.74) is 3.44. The SMILES string of the molecule is Cc1nc(NCc2cn[nH]c2C)c2c(C)csc2n1. The summed E-state index contributed by atoms with van der Waals surface area (Å²) in [4.78, 5) is 10.0. The van der Waals surface area contributed by atoms with Gasteiger partial charge in [-0.05, 0) is 31.7 Å². The quantitative estimate of drug-likeness (QED) is 0.770. The van der Waals surface area contributed by atoms with E-state index in [1.807, 2.05) is 20.0 Å². The van der Waals surface area contributed by atoms with Crippen molar-refractivity contribution in [2.24, 2.45) is 0 Å². The molecule has 6 heteroatoms. The fourth-order valence-corrected chi connectivity index (χ4v) is 3.02. The van der Waals surface area contributed by atoms with Crippen molar-refractivity contribution in [1.29, 1.82) is 0 Å². The first kappa shape index (κ1) is 12.1. The first-order valence-corrected chi connectivity index (χ1v) is 6.98. The van der Waals surface area contributed by atoms with Crippen LogP contribution in [0.4, 0.5) is 5.82 Å². The number of hydrogen-bond donors (Lipinski definition) is 2. The lowest BCUT2D eigenvalue weighted by molar-refractivity contribution is 1.03. The van der Waals surface area contributed by atoms with E-state index < -0.39 is 0 Å². The van der Waals surface area contributed by atoms with Gasteiger partial charge in [-0.2, -0.15) is 5.10 Å². The number of nitrogens with zero attached hydrogens (tertiary/aromatic N) is 3. The fraction of sp³-hybridized carbons (Fsp3) is 0.308. The second-order valence-corrected chi connectivity index (χ2v) is 5.45. The van der Waals surface area contributed by atoms with Crippen LogP contribution in [0, 0.1) is 20.8 Å². The molecule has 0 aliphatic heterocycles. The lowest BCUT2D eigenvalue weighted by atomic mass is 10.2. The molecule has 2 N–H and O–H groups in total. The molecule has 0 saturated heterocycles. The molecule has 0 radical (unpaired) electrons. The highest BCUT2D eigenvalue weighted by atomic mass is 32.1. The molecule has 3 heterocycles. The van der Waals surface area contributed by atoms with E-state index in [4.69, 9.17) is 0 Å². The predicted molar refractivity (Wildman–Crippen MR) is 77.5 cm³/mol. The normalized spacial score (nSPS) is 11.1. The summed E-state index contributed by atoms with van der Waals surface area (Å²) >= 11 is 1.66. The summed E-state index contributed by atoms with van der Waals surface area (Å²) in [6.07, 6.45) is 1.84. The molecule has 0 aliphatic carbocycles. The lowest BCUT2D eigenvalue weighted by Crippen LogP contribution is -2.04. The van der Waals surface area contributed by atoms with Gasteiger partial charge in [-0.15, -0.1) is 11.3 Å². The Morgan fingerprint density at radius 1 is 1.26 bits per heavy atom. The highest BCUT2D eigenvalue weighted by Crippen LogP contribution is 2.29. The smallest absolute Gasteiger partial charge is 0.139 e. The molecule has 0 atom stereocenters. The highest BCUT2D eigenvalue weighted by molar-refractivity contribution is 7.17. The highest BCUT2D eigenvalue weighted by Gasteiger charge is 2.10. The van der Waals surface area contributed by atoms with Gasteiger partial charge < -0.3 is 5.32 Å². The second kappa shape index (κ2) is 4.62. The third-order valence-corrected chi connectivity index (χ3v) is 4.10. The zero-order valence-electron chi connectivity index (χ0n) is 11.1. The van der Waals surface area contributed by atoms with E-state index in [0.717, 1.165) is 33.1 Å². The minimum atomic E-state index is 0.711. The van der Waals surface area contributed by atoms with Gasteiger partial charge in [0.05, 0.1) is 11.6 Å². The summed E-state index contributed by atoms with van der Waals surface area (Å²) in [6, 6.07) is 0. The number of H-pyrrole nitrogens is 1. The summed E-state index contributed by atoms with van der Waals surface area (Å²) in [5.74, 6) is 1.70. The lowest BCUT2D eigenvalue weighted by Gasteiger charge is -2.08. The van der Waals surface area contributed by atoms with Crippen molar-refractivity contribution in [2.45, 2.75) is 27.3 Å². The number of aryl methyl sites for hydroxylation is 3. The molecule has 0 unspecified atom stereocenters. The van der Waals surface area contributed by atoms with Crippen LogP contribution in [0.1, 0.15) is 22.6 Å². The largest absolute Gasteiger partial charge is 0.365 e. The van der Waals surface area contributed by atoms with Crippen LogP contribution < -0.4 is 5.32 Å². The third kappa shape index (κ3) is 2.19. The number of aromatic nitrogens is 4. The van der Waals surface area contributed by atoms with Crippen molar-refractivity contribution in [2.75, 3.05) is 5.32 Å². The van der Waals surface area contributed by atoms with Gasteiger partial charge >= 0.3 is 0 Å². The summed E-state index contributed by atoms with van der Waals surface area (Å²) in [6.45, 7) is 6.73. The molecule has 3 aromatic rings. The van der Waals surface area contributed by atoms with Crippen molar-refractivity contribution in [3.8, 4) is 0 Å². The zero-order chi connectivity index (χ0) is 13.4. The number of nitrogens with one attached hydrogen (secondary N) is 2. The minimum Gasteiger partial charge on any atom is -0.365 e. The summed E-state index contributed by atoms with van der Waals surface area (Å²) in [5, 5.41) is 13.6. The maximum absolute atomic E-state index is 4.52.